The molecule has 1 aliphatic carbocycles. The minimum absolute atomic E-state index is 0.210. The van der Waals surface area contributed by atoms with Gasteiger partial charge in [0.15, 0.2) is 0 Å². The van der Waals surface area contributed by atoms with E-state index in [1.54, 1.807) is 12.2 Å². The summed E-state index contributed by atoms with van der Waals surface area (Å²) in [5.41, 5.74) is 2.51. The fourth-order valence-electron chi connectivity index (χ4n) is 1.88. The Bertz CT molecular complexity index is 455. The minimum atomic E-state index is -0.898. The number of carbonyl (C=O) groups excluding carboxylic acids is 2. The van der Waals surface area contributed by atoms with Crippen LogP contribution in [0.2, 0.25) is 0 Å². The lowest BCUT2D eigenvalue weighted by molar-refractivity contribution is -0.140. The number of nitrogens with zero attached hydrogens (tertiary/aromatic N) is 1. The fraction of sp³-hybridized carbons (Fsp3) is 0.455. The number of rotatable bonds is 3. The van der Waals surface area contributed by atoms with Crippen molar-refractivity contribution in [2.75, 3.05) is 0 Å². The van der Waals surface area contributed by atoms with E-state index in [0.29, 0.717) is 12.8 Å². The molecule has 0 spiro atoms. The van der Waals surface area contributed by atoms with Crippen LogP contribution in [0, 0.1) is 5.92 Å². The number of amides is 2. The van der Waals surface area contributed by atoms with Crippen molar-refractivity contribution in [3.63, 3.8) is 0 Å². The van der Waals surface area contributed by atoms with Crippen LogP contribution in [0.1, 0.15) is 19.3 Å². The van der Waals surface area contributed by atoms with Crippen LogP contribution in [0.25, 0.3) is 0 Å². The molecule has 2 atom stereocenters. The number of nitrogens with one attached hydrogen (secondary N) is 2. The van der Waals surface area contributed by atoms with Crippen LogP contribution in [0.5, 0.6) is 0 Å². The summed E-state index contributed by atoms with van der Waals surface area (Å²) in [7, 11) is 0. The first-order valence-corrected chi connectivity index (χ1v) is 5.63. The predicted molar refractivity (Wildman–Crippen MR) is 61.6 cm³/mol. The second kappa shape index (κ2) is 4.99. The molecule has 0 aromatic heterocycles. The molecule has 2 amide bonds. The Kier molecular flexibility index (Phi) is 3.40. The first kappa shape index (κ1) is 12.3. The summed E-state index contributed by atoms with van der Waals surface area (Å²) < 4.78 is 0. The van der Waals surface area contributed by atoms with Gasteiger partial charge in [0, 0.05) is 18.9 Å². The lowest BCUT2D eigenvalue weighted by atomic mass is 10.1. The summed E-state index contributed by atoms with van der Waals surface area (Å²) >= 11 is 0. The Balaban J connectivity index is 1.88. The molecule has 0 aromatic carbocycles. The summed E-state index contributed by atoms with van der Waals surface area (Å²) in [4.78, 5) is 33.4. The van der Waals surface area contributed by atoms with Gasteiger partial charge in [0.2, 0.25) is 5.91 Å². The van der Waals surface area contributed by atoms with Gasteiger partial charge < -0.3 is 10.4 Å². The van der Waals surface area contributed by atoms with Crippen LogP contribution in [-0.4, -0.2) is 34.6 Å². The molecule has 0 aromatic rings. The van der Waals surface area contributed by atoms with E-state index in [1.165, 1.54) is 0 Å². The standard InChI is InChI=1S/C11H13N3O4/c15-9-4-3-8(13-14-9)10(16)12-7-2-1-6(5-7)11(17)18/h1-2,6-7H,3-5H2,(H,12,16)(H,14,15)(H,17,18). The highest BCUT2D eigenvalue weighted by molar-refractivity contribution is 6.39. The summed E-state index contributed by atoms with van der Waals surface area (Å²) in [6, 6.07) is -0.293. The van der Waals surface area contributed by atoms with E-state index in [-0.39, 0.29) is 30.0 Å². The average Bonchev–Trinajstić information content (AvgIpc) is 2.78. The smallest absolute Gasteiger partial charge is 0.310 e. The predicted octanol–water partition coefficient (Wildman–Crippen LogP) is -0.602. The van der Waals surface area contributed by atoms with Crippen LogP contribution >= 0.6 is 0 Å². The third kappa shape index (κ3) is 2.73. The quantitative estimate of drug-likeness (QED) is 0.582. The Morgan fingerprint density at radius 1 is 1.39 bits per heavy atom. The van der Waals surface area contributed by atoms with Crippen molar-refractivity contribution < 1.29 is 19.5 Å². The molecule has 0 bridgehead atoms. The van der Waals surface area contributed by atoms with Gasteiger partial charge >= 0.3 is 5.97 Å². The first-order chi connectivity index (χ1) is 8.56. The molecule has 0 saturated heterocycles. The summed E-state index contributed by atoms with van der Waals surface area (Å²) in [5.74, 6) is -2.03. The zero-order valence-corrected chi connectivity index (χ0v) is 9.55. The highest BCUT2D eigenvalue weighted by Gasteiger charge is 2.27. The van der Waals surface area contributed by atoms with Crippen molar-refractivity contribution in [2.24, 2.45) is 11.0 Å². The van der Waals surface area contributed by atoms with Gasteiger partial charge in [-0.25, -0.2) is 5.43 Å². The number of hydrogen-bond acceptors (Lipinski definition) is 4. The molecule has 3 N–H and O–H groups in total. The van der Waals surface area contributed by atoms with Crippen molar-refractivity contribution in [3.8, 4) is 0 Å². The molecule has 96 valence electrons. The lowest BCUT2D eigenvalue weighted by Gasteiger charge is -2.15. The van der Waals surface area contributed by atoms with E-state index in [9.17, 15) is 14.4 Å². The summed E-state index contributed by atoms with van der Waals surface area (Å²) in [6.07, 6.45) is 4.12. The molecular weight excluding hydrogens is 238 g/mol. The SMILES string of the molecule is O=C1CCC(C(=O)NC2C=CC(C(=O)O)C2)=NN1. The van der Waals surface area contributed by atoms with E-state index in [0.717, 1.165) is 0 Å². The Morgan fingerprint density at radius 3 is 2.72 bits per heavy atom. The van der Waals surface area contributed by atoms with Crippen LogP contribution in [0.4, 0.5) is 0 Å². The van der Waals surface area contributed by atoms with E-state index < -0.39 is 11.9 Å². The molecule has 2 aliphatic rings. The van der Waals surface area contributed by atoms with Gasteiger partial charge in [0.1, 0.15) is 5.71 Å². The molecule has 0 radical (unpaired) electrons. The van der Waals surface area contributed by atoms with Crippen molar-refractivity contribution in [3.05, 3.63) is 12.2 Å². The molecular formula is C11H13N3O4. The maximum Gasteiger partial charge on any atom is 0.310 e. The maximum absolute atomic E-state index is 11.8. The molecule has 0 saturated carbocycles. The van der Waals surface area contributed by atoms with E-state index in [4.69, 9.17) is 5.11 Å². The van der Waals surface area contributed by atoms with Crippen LogP contribution in [0.3, 0.4) is 0 Å². The van der Waals surface area contributed by atoms with Crippen molar-refractivity contribution in [2.45, 2.75) is 25.3 Å². The molecule has 18 heavy (non-hydrogen) atoms. The second-order valence-corrected chi connectivity index (χ2v) is 4.24. The number of hydrazone groups is 1. The monoisotopic (exact) mass is 251 g/mol. The average molecular weight is 251 g/mol. The van der Waals surface area contributed by atoms with Crippen molar-refractivity contribution in [1.82, 2.24) is 10.7 Å². The highest BCUT2D eigenvalue weighted by Crippen LogP contribution is 2.18. The van der Waals surface area contributed by atoms with E-state index >= 15 is 0 Å². The third-order valence-corrected chi connectivity index (χ3v) is 2.88. The number of hydrogen-bond donors (Lipinski definition) is 3. The third-order valence-electron chi connectivity index (χ3n) is 2.88. The zero-order chi connectivity index (χ0) is 13.1. The van der Waals surface area contributed by atoms with Gasteiger partial charge in [-0.3, -0.25) is 14.4 Å². The Hall–Kier alpha value is -2.18. The summed E-state index contributed by atoms with van der Waals surface area (Å²) in [5, 5.41) is 15.2. The maximum atomic E-state index is 11.8. The molecule has 0 fully saturated rings. The number of carbonyl (C=O) groups is 3. The Morgan fingerprint density at radius 2 is 2.17 bits per heavy atom. The lowest BCUT2D eigenvalue weighted by Crippen LogP contribution is -2.41. The van der Waals surface area contributed by atoms with Gasteiger partial charge in [0.25, 0.3) is 5.91 Å². The van der Waals surface area contributed by atoms with E-state index in [2.05, 4.69) is 15.8 Å². The first-order valence-electron chi connectivity index (χ1n) is 5.63. The molecule has 7 nitrogen and oxygen atoms in total. The van der Waals surface area contributed by atoms with Gasteiger partial charge in [-0.2, -0.15) is 5.10 Å². The van der Waals surface area contributed by atoms with Crippen molar-refractivity contribution in [1.29, 1.82) is 0 Å². The van der Waals surface area contributed by atoms with Gasteiger partial charge in [-0.05, 0) is 6.42 Å². The van der Waals surface area contributed by atoms with Gasteiger partial charge in [0.05, 0.1) is 5.92 Å². The molecule has 2 rings (SSSR count). The molecule has 7 heteroatoms. The van der Waals surface area contributed by atoms with Crippen LogP contribution in [0.15, 0.2) is 17.3 Å². The molecule has 1 heterocycles. The fourth-order valence-corrected chi connectivity index (χ4v) is 1.88. The topological polar surface area (TPSA) is 108 Å². The van der Waals surface area contributed by atoms with Crippen molar-refractivity contribution >= 4 is 23.5 Å². The highest BCUT2D eigenvalue weighted by atomic mass is 16.4. The number of carboxylic acid groups (broad SMARTS) is 1. The largest absolute Gasteiger partial charge is 0.481 e. The Labute approximate surface area is 103 Å². The normalized spacial score (nSPS) is 26.4. The number of aliphatic carboxylic acids is 1. The minimum Gasteiger partial charge on any atom is -0.481 e. The zero-order valence-electron chi connectivity index (χ0n) is 9.55. The number of carboxylic acids is 1. The summed E-state index contributed by atoms with van der Waals surface area (Å²) in [6.45, 7) is 0. The second-order valence-electron chi connectivity index (χ2n) is 4.24. The van der Waals surface area contributed by atoms with E-state index in [1.807, 2.05) is 0 Å². The van der Waals surface area contributed by atoms with Gasteiger partial charge in [-0.15, -0.1) is 0 Å². The van der Waals surface area contributed by atoms with Gasteiger partial charge in [-0.1, -0.05) is 12.2 Å². The molecule has 2 unspecified atom stereocenters. The van der Waals surface area contributed by atoms with Crippen LogP contribution < -0.4 is 10.7 Å². The van der Waals surface area contributed by atoms with Crippen LogP contribution in [-0.2, 0) is 14.4 Å². The molecule has 1 aliphatic heterocycles.